The number of nitrogens with zero attached hydrogens (tertiary/aromatic N) is 1. The van der Waals surface area contributed by atoms with E-state index in [2.05, 4.69) is 0 Å². The fraction of sp³-hybridized carbons (Fsp3) is 0.714. The van der Waals surface area contributed by atoms with Gasteiger partial charge in [0, 0.05) is 10.9 Å². The van der Waals surface area contributed by atoms with Crippen molar-refractivity contribution in [3.8, 4) is 0 Å². The zero-order valence-electron chi connectivity index (χ0n) is 12.2. The zero-order valence-corrected chi connectivity index (χ0v) is 13.0. The Morgan fingerprint density at radius 2 is 2.00 bits per heavy atom. The minimum absolute atomic E-state index is 0.291. The fourth-order valence-electron chi connectivity index (χ4n) is 2.38. The molecule has 0 aliphatic heterocycles. The minimum atomic E-state index is -4.20. The van der Waals surface area contributed by atoms with E-state index in [9.17, 15) is 13.2 Å². The largest absolute Gasteiger partial charge is 0.401 e. The minimum Gasteiger partial charge on any atom is -0.326 e. The first-order valence-electron chi connectivity index (χ1n) is 6.90. The van der Waals surface area contributed by atoms with Gasteiger partial charge in [0.2, 0.25) is 0 Å². The second kappa shape index (κ2) is 7.43. The number of halogens is 3. The first-order valence-corrected chi connectivity index (χ1v) is 7.78. The second-order valence-corrected chi connectivity index (χ2v) is 6.02. The van der Waals surface area contributed by atoms with Crippen LogP contribution in [0.5, 0.6) is 0 Å². The molecular formula is C14H23F3N2S. The van der Waals surface area contributed by atoms with Gasteiger partial charge in [-0.15, -0.1) is 11.3 Å². The average Bonchev–Trinajstić information content (AvgIpc) is 2.74. The molecule has 2 atom stereocenters. The number of aryl methyl sites for hydroxylation is 1. The summed E-state index contributed by atoms with van der Waals surface area (Å²) in [5, 5.41) is 1.91. The van der Waals surface area contributed by atoms with Crippen LogP contribution in [0.1, 0.15) is 43.2 Å². The SMILES string of the molecule is CCCN(CC(F)(F)F)C(c1sccc1C)C(N)CC. The lowest BCUT2D eigenvalue weighted by Crippen LogP contribution is -2.45. The summed E-state index contributed by atoms with van der Waals surface area (Å²) in [5.74, 6) is 0. The third-order valence-corrected chi connectivity index (χ3v) is 4.42. The third-order valence-electron chi connectivity index (χ3n) is 3.33. The summed E-state index contributed by atoms with van der Waals surface area (Å²) in [4.78, 5) is 2.43. The number of thiophene rings is 1. The average molecular weight is 308 g/mol. The first kappa shape index (κ1) is 17.5. The van der Waals surface area contributed by atoms with Gasteiger partial charge in [-0.2, -0.15) is 13.2 Å². The fourth-order valence-corrected chi connectivity index (χ4v) is 3.51. The topological polar surface area (TPSA) is 29.3 Å². The molecule has 0 fully saturated rings. The summed E-state index contributed by atoms with van der Waals surface area (Å²) in [6.07, 6.45) is -2.88. The van der Waals surface area contributed by atoms with E-state index in [-0.39, 0.29) is 12.1 Å². The molecule has 2 unspecified atom stereocenters. The molecule has 6 heteroatoms. The molecule has 0 aromatic carbocycles. The Morgan fingerprint density at radius 1 is 1.35 bits per heavy atom. The molecule has 0 aliphatic rings. The van der Waals surface area contributed by atoms with Gasteiger partial charge in [-0.1, -0.05) is 13.8 Å². The first-order chi connectivity index (χ1) is 9.30. The van der Waals surface area contributed by atoms with Crippen molar-refractivity contribution in [2.45, 2.75) is 51.9 Å². The normalized spacial score (nSPS) is 15.6. The molecule has 2 nitrogen and oxygen atoms in total. The summed E-state index contributed by atoms with van der Waals surface area (Å²) in [5.41, 5.74) is 7.15. The highest BCUT2D eigenvalue weighted by Crippen LogP contribution is 2.34. The summed E-state index contributed by atoms with van der Waals surface area (Å²) >= 11 is 1.49. The quantitative estimate of drug-likeness (QED) is 0.821. The standard InChI is InChI=1S/C14H23F3N2S/c1-4-7-19(9-14(15,16)17)12(11(18)5-2)13-10(3)6-8-20-13/h6,8,11-12H,4-5,7,9,18H2,1-3H3. The van der Waals surface area contributed by atoms with Gasteiger partial charge in [-0.05, 0) is 43.3 Å². The van der Waals surface area contributed by atoms with Gasteiger partial charge >= 0.3 is 6.18 Å². The number of rotatable bonds is 7. The van der Waals surface area contributed by atoms with Gasteiger partial charge in [0.05, 0.1) is 12.6 Å². The Balaban J connectivity index is 3.08. The van der Waals surface area contributed by atoms with Crippen LogP contribution in [0.2, 0.25) is 0 Å². The third kappa shape index (κ3) is 4.75. The van der Waals surface area contributed by atoms with Crippen LogP contribution in [-0.4, -0.2) is 30.2 Å². The number of nitrogens with two attached hydrogens (primary N) is 1. The van der Waals surface area contributed by atoms with Crippen LogP contribution in [0.4, 0.5) is 13.2 Å². The smallest absolute Gasteiger partial charge is 0.326 e. The van der Waals surface area contributed by atoms with Crippen LogP contribution in [0.25, 0.3) is 0 Å². The maximum atomic E-state index is 12.8. The highest BCUT2D eigenvalue weighted by atomic mass is 32.1. The molecule has 1 aromatic rings. The molecule has 0 saturated carbocycles. The monoisotopic (exact) mass is 308 g/mol. The van der Waals surface area contributed by atoms with Crippen molar-refractivity contribution >= 4 is 11.3 Å². The Bertz CT molecular complexity index is 403. The van der Waals surface area contributed by atoms with E-state index < -0.39 is 12.7 Å². The molecule has 1 heterocycles. The van der Waals surface area contributed by atoms with Crippen LogP contribution in [-0.2, 0) is 0 Å². The van der Waals surface area contributed by atoms with E-state index in [0.717, 1.165) is 10.4 Å². The Hall–Kier alpha value is -0.590. The van der Waals surface area contributed by atoms with E-state index in [1.807, 2.05) is 32.2 Å². The summed E-state index contributed by atoms with van der Waals surface area (Å²) in [6.45, 7) is 5.22. The highest BCUT2D eigenvalue weighted by molar-refractivity contribution is 7.10. The van der Waals surface area contributed by atoms with Crippen molar-refractivity contribution in [1.82, 2.24) is 4.90 Å². The van der Waals surface area contributed by atoms with Crippen LogP contribution < -0.4 is 5.73 Å². The summed E-state index contributed by atoms with van der Waals surface area (Å²) in [7, 11) is 0. The van der Waals surface area contributed by atoms with Crippen LogP contribution in [0.15, 0.2) is 11.4 Å². The molecule has 0 aliphatic carbocycles. The molecule has 116 valence electrons. The van der Waals surface area contributed by atoms with Crippen LogP contribution >= 0.6 is 11.3 Å². The maximum Gasteiger partial charge on any atom is 0.401 e. The lowest BCUT2D eigenvalue weighted by Gasteiger charge is -2.35. The summed E-state index contributed by atoms with van der Waals surface area (Å²) < 4.78 is 38.5. The van der Waals surface area contributed by atoms with Crippen LogP contribution in [0, 0.1) is 6.92 Å². The van der Waals surface area contributed by atoms with E-state index in [0.29, 0.717) is 19.4 Å². The molecule has 0 saturated heterocycles. The molecule has 1 rings (SSSR count). The second-order valence-electron chi connectivity index (χ2n) is 5.07. The number of hydrogen-bond acceptors (Lipinski definition) is 3. The molecular weight excluding hydrogens is 285 g/mol. The Kier molecular flexibility index (Phi) is 6.48. The van der Waals surface area contributed by atoms with Crippen LogP contribution in [0.3, 0.4) is 0 Å². The zero-order chi connectivity index (χ0) is 15.3. The molecule has 0 amide bonds. The Labute approximate surface area is 122 Å². The van der Waals surface area contributed by atoms with Crippen molar-refractivity contribution in [2.75, 3.05) is 13.1 Å². The van der Waals surface area contributed by atoms with Crippen molar-refractivity contribution in [2.24, 2.45) is 5.73 Å². The van der Waals surface area contributed by atoms with Gasteiger partial charge in [-0.3, -0.25) is 4.90 Å². The van der Waals surface area contributed by atoms with Crippen molar-refractivity contribution in [3.05, 3.63) is 21.9 Å². The molecule has 1 aromatic heterocycles. The van der Waals surface area contributed by atoms with Crippen molar-refractivity contribution < 1.29 is 13.2 Å². The van der Waals surface area contributed by atoms with Crippen molar-refractivity contribution in [3.63, 3.8) is 0 Å². The van der Waals surface area contributed by atoms with E-state index in [1.54, 1.807) is 0 Å². The van der Waals surface area contributed by atoms with Crippen molar-refractivity contribution in [1.29, 1.82) is 0 Å². The Morgan fingerprint density at radius 3 is 2.40 bits per heavy atom. The predicted octanol–water partition coefficient (Wildman–Crippen LogP) is 4.11. The van der Waals surface area contributed by atoms with Gasteiger partial charge in [0.15, 0.2) is 0 Å². The number of hydrogen-bond donors (Lipinski definition) is 1. The molecule has 2 N–H and O–H groups in total. The van der Waals surface area contributed by atoms with Gasteiger partial charge < -0.3 is 5.73 Å². The van der Waals surface area contributed by atoms with Gasteiger partial charge in [0.25, 0.3) is 0 Å². The highest BCUT2D eigenvalue weighted by Gasteiger charge is 2.36. The van der Waals surface area contributed by atoms with E-state index >= 15 is 0 Å². The molecule has 0 spiro atoms. The summed E-state index contributed by atoms with van der Waals surface area (Å²) in [6, 6.07) is 1.29. The number of alkyl halides is 3. The van der Waals surface area contributed by atoms with E-state index in [4.69, 9.17) is 5.73 Å². The molecule has 0 bridgehead atoms. The van der Waals surface area contributed by atoms with E-state index in [1.165, 1.54) is 16.2 Å². The lowest BCUT2D eigenvalue weighted by atomic mass is 10.00. The lowest BCUT2D eigenvalue weighted by molar-refractivity contribution is -0.152. The molecule has 20 heavy (non-hydrogen) atoms. The van der Waals surface area contributed by atoms with Gasteiger partial charge in [-0.25, -0.2) is 0 Å². The van der Waals surface area contributed by atoms with Gasteiger partial charge in [0.1, 0.15) is 0 Å². The predicted molar refractivity (Wildman–Crippen MR) is 78.0 cm³/mol. The maximum absolute atomic E-state index is 12.8. The molecule has 0 radical (unpaired) electrons.